The fourth-order valence-corrected chi connectivity index (χ4v) is 4.12. The molecule has 0 bridgehead atoms. The Hall–Kier alpha value is -2.38. The zero-order valence-corrected chi connectivity index (χ0v) is 17.8. The summed E-state index contributed by atoms with van der Waals surface area (Å²) in [6, 6.07) is 12.5. The number of rotatable bonds is 4. The van der Waals surface area contributed by atoms with Gasteiger partial charge in [0.25, 0.3) is 0 Å². The molecule has 0 heterocycles. The Morgan fingerprint density at radius 3 is 1.83 bits per heavy atom. The molecule has 0 saturated heterocycles. The Morgan fingerprint density at radius 2 is 1.30 bits per heavy atom. The van der Waals surface area contributed by atoms with E-state index in [-0.39, 0.29) is 29.0 Å². The van der Waals surface area contributed by atoms with Gasteiger partial charge in [-0.1, -0.05) is 59.6 Å². The van der Waals surface area contributed by atoms with E-state index in [0.29, 0.717) is 0 Å². The molecule has 0 saturated carbocycles. The van der Waals surface area contributed by atoms with Gasteiger partial charge in [-0.25, -0.2) is 0 Å². The van der Waals surface area contributed by atoms with E-state index in [4.69, 9.17) is 32.7 Å². The van der Waals surface area contributed by atoms with Gasteiger partial charge >= 0.3 is 11.9 Å². The van der Waals surface area contributed by atoms with E-state index in [1.165, 1.54) is 50.3 Å². The summed E-state index contributed by atoms with van der Waals surface area (Å²) in [4.78, 5) is 23.2. The summed E-state index contributed by atoms with van der Waals surface area (Å²) in [6.07, 6.45) is 2.26. The smallest absolute Gasteiger partial charge is 0.308 e. The van der Waals surface area contributed by atoms with Crippen molar-refractivity contribution in [3.8, 4) is 11.5 Å². The molecular formula is C22H20Cl2O6. The third-order valence-corrected chi connectivity index (χ3v) is 5.35. The van der Waals surface area contributed by atoms with E-state index >= 15 is 0 Å². The van der Waals surface area contributed by atoms with E-state index in [2.05, 4.69) is 0 Å². The summed E-state index contributed by atoms with van der Waals surface area (Å²) >= 11 is 12.6. The quantitative estimate of drug-likeness (QED) is 0.319. The van der Waals surface area contributed by atoms with Gasteiger partial charge in [0.2, 0.25) is 0 Å². The lowest BCUT2D eigenvalue weighted by atomic mass is 9.67. The van der Waals surface area contributed by atoms with Crippen LogP contribution in [0.3, 0.4) is 0 Å². The van der Waals surface area contributed by atoms with Crippen molar-refractivity contribution in [1.29, 1.82) is 0 Å². The number of esters is 2. The molecule has 158 valence electrons. The Balaban J connectivity index is 2.29. The van der Waals surface area contributed by atoms with Crippen LogP contribution in [0.5, 0.6) is 11.5 Å². The van der Waals surface area contributed by atoms with Crippen molar-refractivity contribution >= 4 is 35.1 Å². The molecule has 6 nitrogen and oxygen atoms in total. The third-order valence-electron chi connectivity index (χ3n) is 4.83. The number of alkyl halides is 2. The highest BCUT2D eigenvalue weighted by atomic mass is 35.5. The van der Waals surface area contributed by atoms with Crippen LogP contribution in [-0.4, -0.2) is 26.5 Å². The molecule has 0 radical (unpaired) electrons. The van der Waals surface area contributed by atoms with E-state index < -0.39 is 27.5 Å². The zero-order chi connectivity index (χ0) is 22.2. The number of benzene rings is 2. The van der Waals surface area contributed by atoms with E-state index in [1.54, 1.807) is 24.3 Å². The predicted molar refractivity (Wildman–Crippen MR) is 111 cm³/mol. The van der Waals surface area contributed by atoms with E-state index in [9.17, 15) is 19.8 Å². The first-order valence-electron chi connectivity index (χ1n) is 9.07. The summed E-state index contributed by atoms with van der Waals surface area (Å²) in [6.45, 7) is 2.44. The van der Waals surface area contributed by atoms with Crippen molar-refractivity contribution in [3.63, 3.8) is 0 Å². The highest BCUT2D eigenvalue weighted by Crippen LogP contribution is 2.56. The van der Waals surface area contributed by atoms with Gasteiger partial charge in [0.05, 0.1) is 0 Å². The molecule has 0 aliphatic heterocycles. The normalized spacial score (nSPS) is 24.9. The molecule has 0 spiro atoms. The van der Waals surface area contributed by atoms with E-state index in [1.807, 2.05) is 0 Å². The minimum absolute atomic E-state index is 0.0373. The average Bonchev–Trinajstić information content (AvgIpc) is 2.65. The molecule has 2 aromatic carbocycles. The van der Waals surface area contributed by atoms with Crippen LogP contribution in [0.15, 0.2) is 60.7 Å². The molecule has 0 fully saturated rings. The number of aliphatic hydroxyl groups is 2. The first-order valence-corrected chi connectivity index (χ1v) is 9.83. The van der Waals surface area contributed by atoms with Crippen molar-refractivity contribution in [3.05, 3.63) is 71.8 Å². The number of ether oxygens (including phenoxy) is 2. The number of hydrogen-bond donors (Lipinski definition) is 2. The number of carbonyl (C=O) groups excluding carboxylic acids is 2. The summed E-state index contributed by atoms with van der Waals surface area (Å²) in [5.74, 6) is -1.12. The van der Waals surface area contributed by atoms with Crippen molar-refractivity contribution in [2.45, 2.75) is 35.8 Å². The topological polar surface area (TPSA) is 93.1 Å². The summed E-state index contributed by atoms with van der Waals surface area (Å²) in [5, 5.41) is 23.7. The minimum Gasteiger partial charge on any atom is -0.426 e. The second kappa shape index (κ2) is 8.04. The largest absolute Gasteiger partial charge is 0.426 e. The van der Waals surface area contributed by atoms with Gasteiger partial charge < -0.3 is 19.7 Å². The fourth-order valence-electron chi connectivity index (χ4n) is 3.61. The second-order valence-electron chi connectivity index (χ2n) is 7.08. The molecule has 8 heteroatoms. The van der Waals surface area contributed by atoms with Crippen LogP contribution in [0, 0.1) is 0 Å². The number of hydrogen-bond acceptors (Lipinski definition) is 6. The monoisotopic (exact) mass is 450 g/mol. The maximum atomic E-state index is 11.9. The molecule has 0 aromatic heterocycles. The van der Waals surface area contributed by atoms with Gasteiger partial charge in [-0.15, -0.1) is 0 Å². The van der Waals surface area contributed by atoms with Crippen molar-refractivity contribution in [2.24, 2.45) is 0 Å². The average molecular weight is 451 g/mol. The van der Waals surface area contributed by atoms with Gasteiger partial charge in [0, 0.05) is 31.4 Å². The lowest BCUT2D eigenvalue weighted by molar-refractivity contribution is -0.149. The molecule has 1 aliphatic rings. The Kier molecular flexibility index (Phi) is 5.98. The zero-order valence-electron chi connectivity index (χ0n) is 16.3. The predicted octanol–water partition coefficient (Wildman–Crippen LogP) is 3.75. The molecule has 2 N–H and O–H groups in total. The molecule has 0 amide bonds. The van der Waals surface area contributed by atoms with Crippen LogP contribution < -0.4 is 9.47 Å². The SMILES string of the molecule is CC(=O)Oc1ccccc1C1(O)C=CC(Cl)(Cl)CC1(O)c1ccccc1OC(C)=O. The van der Waals surface area contributed by atoms with Crippen LogP contribution in [0.1, 0.15) is 31.4 Å². The van der Waals surface area contributed by atoms with Crippen LogP contribution in [0.4, 0.5) is 0 Å². The molecule has 2 aromatic rings. The van der Waals surface area contributed by atoms with Crippen molar-refractivity contribution < 1.29 is 29.3 Å². The number of carbonyl (C=O) groups is 2. The fraction of sp³-hybridized carbons (Fsp3) is 0.273. The Bertz CT molecular complexity index is 1020. The summed E-state index contributed by atoms with van der Waals surface area (Å²) < 4.78 is 8.97. The van der Waals surface area contributed by atoms with Crippen LogP contribution >= 0.6 is 23.2 Å². The maximum absolute atomic E-state index is 11.9. The van der Waals surface area contributed by atoms with Crippen molar-refractivity contribution in [2.75, 3.05) is 0 Å². The second-order valence-corrected chi connectivity index (χ2v) is 8.62. The first-order chi connectivity index (χ1) is 14.0. The molecule has 2 unspecified atom stereocenters. The van der Waals surface area contributed by atoms with Gasteiger partial charge in [-0.3, -0.25) is 9.59 Å². The number of halogens is 2. The van der Waals surface area contributed by atoms with Crippen LogP contribution in [0.2, 0.25) is 0 Å². The maximum Gasteiger partial charge on any atom is 0.308 e. The van der Waals surface area contributed by atoms with Gasteiger partial charge in [0.15, 0.2) is 0 Å². The highest BCUT2D eigenvalue weighted by molar-refractivity contribution is 6.50. The Labute approximate surface area is 183 Å². The minimum atomic E-state index is -2.15. The summed E-state index contributed by atoms with van der Waals surface area (Å²) in [5.41, 5.74) is -4.06. The Morgan fingerprint density at radius 1 is 0.833 bits per heavy atom. The van der Waals surface area contributed by atoms with Crippen LogP contribution in [-0.2, 0) is 20.8 Å². The lowest BCUT2D eigenvalue weighted by Crippen LogP contribution is -2.53. The van der Waals surface area contributed by atoms with Gasteiger partial charge in [0.1, 0.15) is 27.0 Å². The third kappa shape index (κ3) is 4.09. The van der Waals surface area contributed by atoms with E-state index in [0.717, 1.165) is 0 Å². The number of para-hydroxylation sites is 2. The molecule has 1 aliphatic carbocycles. The highest BCUT2D eigenvalue weighted by Gasteiger charge is 2.58. The van der Waals surface area contributed by atoms with Gasteiger partial charge in [-0.05, 0) is 24.3 Å². The molecule has 3 rings (SSSR count). The standard InChI is InChI=1S/C22H20Cl2O6/c1-14(25)29-18-9-5-3-7-16(18)21(27)12-11-20(23,24)13-22(21,28)17-8-4-6-10-19(17)30-15(2)26/h3-12,27-28H,13H2,1-2H3. The molecule has 30 heavy (non-hydrogen) atoms. The first kappa shape index (κ1) is 22.3. The lowest BCUT2D eigenvalue weighted by Gasteiger charge is -2.48. The molecular weight excluding hydrogens is 431 g/mol. The van der Waals surface area contributed by atoms with Gasteiger partial charge in [-0.2, -0.15) is 0 Å². The van der Waals surface area contributed by atoms with Crippen molar-refractivity contribution in [1.82, 2.24) is 0 Å². The van der Waals surface area contributed by atoms with Crippen LogP contribution in [0.25, 0.3) is 0 Å². The molecule has 2 atom stereocenters. The summed E-state index contributed by atoms with van der Waals surface area (Å²) in [7, 11) is 0. The number of allylic oxidation sites excluding steroid dienone is 1.